The van der Waals surface area contributed by atoms with E-state index in [9.17, 15) is 4.79 Å². The molecule has 0 fully saturated rings. The third-order valence-electron chi connectivity index (χ3n) is 2.91. The van der Waals surface area contributed by atoms with Crippen LogP contribution in [-0.4, -0.2) is 36.5 Å². The number of amides is 1. The van der Waals surface area contributed by atoms with Gasteiger partial charge in [-0.3, -0.25) is 4.79 Å². The molecule has 0 aliphatic carbocycles. The van der Waals surface area contributed by atoms with Gasteiger partial charge in [-0.1, -0.05) is 6.07 Å². The molecule has 2 N–H and O–H groups in total. The Labute approximate surface area is 115 Å². The van der Waals surface area contributed by atoms with Crippen molar-refractivity contribution in [1.82, 2.24) is 4.90 Å². The van der Waals surface area contributed by atoms with E-state index in [1.165, 1.54) is 11.1 Å². The van der Waals surface area contributed by atoms with Gasteiger partial charge in [-0.25, -0.2) is 0 Å². The molecule has 0 heterocycles. The summed E-state index contributed by atoms with van der Waals surface area (Å²) in [5, 5.41) is 0. The number of benzene rings is 1. The molecule has 1 rings (SSSR count). The minimum atomic E-state index is -0.0426. The first-order chi connectivity index (χ1) is 8.93. The van der Waals surface area contributed by atoms with E-state index in [0.29, 0.717) is 13.2 Å². The third kappa shape index (κ3) is 4.91. The van der Waals surface area contributed by atoms with Crippen LogP contribution in [0, 0.1) is 13.8 Å². The maximum atomic E-state index is 11.6. The van der Waals surface area contributed by atoms with Gasteiger partial charge < -0.3 is 15.4 Å². The zero-order chi connectivity index (χ0) is 14.4. The van der Waals surface area contributed by atoms with Crippen molar-refractivity contribution in [1.29, 1.82) is 0 Å². The standard InChI is InChI=1S/C15H24N2O2/c1-11(2)17(15(18)10-16)5-6-19-14-8-12(3)7-13(4)9-14/h7-9,11H,5-6,10,16H2,1-4H3. The largest absolute Gasteiger partial charge is 0.492 e. The zero-order valence-corrected chi connectivity index (χ0v) is 12.3. The Hall–Kier alpha value is -1.55. The molecule has 0 saturated heterocycles. The van der Waals surface area contributed by atoms with Gasteiger partial charge in [-0.05, 0) is 51.0 Å². The number of rotatable bonds is 6. The van der Waals surface area contributed by atoms with E-state index >= 15 is 0 Å². The van der Waals surface area contributed by atoms with Crippen LogP contribution in [0.25, 0.3) is 0 Å². The molecular formula is C15H24N2O2. The van der Waals surface area contributed by atoms with Gasteiger partial charge in [0.25, 0.3) is 0 Å². The van der Waals surface area contributed by atoms with Crippen molar-refractivity contribution in [2.75, 3.05) is 19.7 Å². The molecule has 106 valence electrons. The first-order valence-corrected chi connectivity index (χ1v) is 6.64. The van der Waals surface area contributed by atoms with Crippen molar-refractivity contribution in [3.8, 4) is 5.75 Å². The van der Waals surface area contributed by atoms with Crippen molar-refractivity contribution in [3.05, 3.63) is 29.3 Å². The van der Waals surface area contributed by atoms with Gasteiger partial charge in [0.05, 0.1) is 13.1 Å². The molecule has 1 amide bonds. The second kappa shape index (κ2) is 7.14. The van der Waals surface area contributed by atoms with Crippen molar-refractivity contribution in [2.45, 2.75) is 33.7 Å². The molecule has 0 aliphatic heterocycles. The maximum absolute atomic E-state index is 11.6. The van der Waals surface area contributed by atoms with Crippen molar-refractivity contribution < 1.29 is 9.53 Å². The van der Waals surface area contributed by atoms with Gasteiger partial charge in [-0.2, -0.15) is 0 Å². The highest BCUT2D eigenvalue weighted by molar-refractivity contribution is 5.78. The number of nitrogens with two attached hydrogens (primary N) is 1. The molecule has 0 unspecified atom stereocenters. The maximum Gasteiger partial charge on any atom is 0.236 e. The molecule has 1 aromatic rings. The Morgan fingerprint density at radius 2 is 1.84 bits per heavy atom. The van der Waals surface area contributed by atoms with Gasteiger partial charge in [0.1, 0.15) is 12.4 Å². The summed E-state index contributed by atoms with van der Waals surface area (Å²) in [6.45, 7) is 9.11. The van der Waals surface area contributed by atoms with Crippen LogP contribution in [0.2, 0.25) is 0 Å². The van der Waals surface area contributed by atoms with E-state index < -0.39 is 0 Å². The van der Waals surface area contributed by atoms with E-state index in [1.54, 1.807) is 4.90 Å². The van der Waals surface area contributed by atoms with E-state index in [-0.39, 0.29) is 18.5 Å². The van der Waals surface area contributed by atoms with Crippen LogP contribution in [0.4, 0.5) is 0 Å². The van der Waals surface area contributed by atoms with Crippen LogP contribution in [0.3, 0.4) is 0 Å². The minimum Gasteiger partial charge on any atom is -0.492 e. The van der Waals surface area contributed by atoms with Gasteiger partial charge >= 0.3 is 0 Å². The summed E-state index contributed by atoms with van der Waals surface area (Å²) in [6.07, 6.45) is 0. The minimum absolute atomic E-state index is 0.0426. The predicted octanol–water partition coefficient (Wildman–Crippen LogP) is 1.88. The number of ether oxygens (including phenoxy) is 1. The summed E-state index contributed by atoms with van der Waals surface area (Å²) < 4.78 is 5.71. The Kier molecular flexibility index (Phi) is 5.83. The Balaban J connectivity index is 2.54. The fraction of sp³-hybridized carbons (Fsp3) is 0.533. The van der Waals surface area contributed by atoms with Crippen LogP contribution in [0.1, 0.15) is 25.0 Å². The third-order valence-corrected chi connectivity index (χ3v) is 2.91. The predicted molar refractivity (Wildman–Crippen MR) is 77.3 cm³/mol. The number of aryl methyl sites for hydroxylation is 2. The molecule has 0 radical (unpaired) electrons. The summed E-state index contributed by atoms with van der Waals surface area (Å²) in [7, 11) is 0. The molecule has 19 heavy (non-hydrogen) atoms. The second-order valence-electron chi connectivity index (χ2n) is 5.06. The fourth-order valence-electron chi connectivity index (χ4n) is 2.07. The summed E-state index contributed by atoms with van der Waals surface area (Å²) in [4.78, 5) is 13.4. The highest BCUT2D eigenvalue weighted by atomic mass is 16.5. The lowest BCUT2D eigenvalue weighted by atomic mass is 10.1. The molecule has 0 bridgehead atoms. The summed E-state index contributed by atoms with van der Waals surface area (Å²) in [5.74, 6) is 0.806. The van der Waals surface area contributed by atoms with Crippen LogP contribution < -0.4 is 10.5 Å². The molecule has 0 atom stereocenters. The fourth-order valence-corrected chi connectivity index (χ4v) is 2.07. The topological polar surface area (TPSA) is 55.6 Å². The lowest BCUT2D eigenvalue weighted by molar-refractivity contribution is -0.131. The molecule has 0 saturated carbocycles. The molecule has 1 aromatic carbocycles. The van der Waals surface area contributed by atoms with Crippen molar-refractivity contribution >= 4 is 5.91 Å². The molecule has 4 heteroatoms. The average molecular weight is 264 g/mol. The van der Waals surface area contributed by atoms with Crippen LogP contribution in [-0.2, 0) is 4.79 Å². The number of nitrogens with zero attached hydrogens (tertiary/aromatic N) is 1. The molecule has 0 aromatic heterocycles. The normalized spacial score (nSPS) is 10.6. The lowest BCUT2D eigenvalue weighted by Gasteiger charge is -2.26. The Morgan fingerprint density at radius 1 is 1.26 bits per heavy atom. The van der Waals surface area contributed by atoms with Gasteiger partial charge in [0.2, 0.25) is 5.91 Å². The SMILES string of the molecule is Cc1cc(C)cc(OCCN(C(=O)CN)C(C)C)c1. The first kappa shape index (κ1) is 15.5. The molecule has 0 spiro atoms. The van der Waals surface area contributed by atoms with Crippen molar-refractivity contribution in [2.24, 2.45) is 5.73 Å². The average Bonchev–Trinajstić information content (AvgIpc) is 2.32. The highest BCUT2D eigenvalue weighted by Gasteiger charge is 2.14. The van der Waals surface area contributed by atoms with E-state index in [2.05, 4.69) is 6.07 Å². The first-order valence-electron chi connectivity index (χ1n) is 6.64. The highest BCUT2D eigenvalue weighted by Crippen LogP contribution is 2.16. The number of hydrogen-bond donors (Lipinski definition) is 1. The number of carbonyl (C=O) groups is 1. The van der Waals surface area contributed by atoms with Gasteiger partial charge in [0, 0.05) is 6.04 Å². The lowest BCUT2D eigenvalue weighted by Crippen LogP contribution is -2.43. The van der Waals surface area contributed by atoms with E-state index in [1.807, 2.05) is 39.8 Å². The Bertz CT molecular complexity index is 410. The Morgan fingerprint density at radius 3 is 2.32 bits per heavy atom. The van der Waals surface area contributed by atoms with Crippen molar-refractivity contribution in [3.63, 3.8) is 0 Å². The van der Waals surface area contributed by atoms with Gasteiger partial charge in [-0.15, -0.1) is 0 Å². The van der Waals surface area contributed by atoms with Crippen LogP contribution >= 0.6 is 0 Å². The molecule has 4 nitrogen and oxygen atoms in total. The quantitative estimate of drug-likeness (QED) is 0.853. The monoisotopic (exact) mass is 264 g/mol. The van der Waals surface area contributed by atoms with Crippen LogP contribution in [0.15, 0.2) is 18.2 Å². The summed E-state index contributed by atoms with van der Waals surface area (Å²) in [5.41, 5.74) is 7.75. The van der Waals surface area contributed by atoms with E-state index in [4.69, 9.17) is 10.5 Å². The number of hydrogen-bond acceptors (Lipinski definition) is 3. The summed E-state index contributed by atoms with van der Waals surface area (Å²) in [6, 6.07) is 6.24. The van der Waals surface area contributed by atoms with E-state index in [0.717, 1.165) is 5.75 Å². The molecule has 0 aliphatic rings. The van der Waals surface area contributed by atoms with Crippen LogP contribution in [0.5, 0.6) is 5.75 Å². The number of carbonyl (C=O) groups excluding carboxylic acids is 1. The smallest absolute Gasteiger partial charge is 0.236 e. The molecular weight excluding hydrogens is 240 g/mol. The zero-order valence-electron chi connectivity index (χ0n) is 12.3. The van der Waals surface area contributed by atoms with Gasteiger partial charge in [0.15, 0.2) is 0 Å². The second-order valence-corrected chi connectivity index (χ2v) is 5.06. The summed E-state index contributed by atoms with van der Waals surface area (Å²) >= 11 is 0.